The standard InChI is InChI=1S/C30H31Cl2N3O8/c1-16(2)26(35-30(41)42-15-18-8-5-4-6-9-18)22(36)12-17(3)28(40)34-21(13-24(37)38)27(39)29-33-14-23(43-29)25-19(31)10-7-11-20(25)32/h4-11,14,16-17,21,26H,12-13,15H2,1-3H3,(H,34,40)(H,35,41)(H,37,38)/t17-,21+,26+/m1/s1. The molecule has 0 aliphatic carbocycles. The van der Waals surface area contributed by atoms with Gasteiger partial charge in [0.15, 0.2) is 11.5 Å². The molecule has 0 spiro atoms. The molecule has 3 rings (SSSR count). The topological polar surface area (TPSA) is 165 Å². The number of halogens is 2. The van der Waals surface area contributed by atoms with Crippen LogP contribution in [-0.4, -0.2) is 51.7 Å². The number of oxazole rings is 1. The van der Waals surface area contributed by atoms with Crippen LogP contribution in [0.1, 0.15) is 49.9 Å². The van der Waals surface area contributed by atoms with E-state index < -0.39 is 59.8 Å². The molecule has 3 aromatic rings. The number of alkyl carbamates (subject to hydrolysis) is 1. The molecule has 0 aliphatic rings. The van der Waals surface area contributed by atoms with Crippen LogP contribution in [0.4, 0.5) is 4.79 Å². The fourth-order valence-electron chi connectivity index (χ4n) is 4.12. The molecule has 228 valence electrons. The number of aromatic nitrogens is 1. The lowest BCUT2D eigenvalue weighted by Crippen LogP contribution is -2.47. The number of carbonyl (C=O) groups excluding carboxylic acids is 4. The number of hydrogen-bond acceptors (Lipinski definition) is 8. The highest BCUT2D eigenvalue weighted by molar-refractivity contribution is 6.39. The number of rotatable bonds is 14. The van der Waals surface area contributed by atoms with Gasteiger partial charge in [0.2, 0.25) is 11.7 Å². The number of Topliss-reactive ketones (excluding diaryl/α,β-unsaturated/α-hetero) is 2. The molecule has 1 heterocycles. The first-order chi connectivity index (χ1) is 20.4. The molecule has 11 nitrogen and oxygen atoms in total. The Balaban J connectivity index is 1.64. The first-order valence-electron chi connectivity index (χ1n) is 13.3. The predicted molar refractivity (Wildman–Crippen MR) is 158 cm³/mol. The molecule has 1 aromatic heterocycles. The molecule has 0 bridgehead atoms. The number of amides is 2. The molecule has 43 heavy (non-hydrogen) atoms. The average Bonchev–Trinajstić information content (AvgIpc) is 3.43. The second-order valence-electron chi connectivity index (χ2n) is 10.1. The molecule has 3 atom stereocenters. The number of nitrogens with zero attached hydrogens (tertiary/aromatic N) is 1. The van der Waals surface area contributed by atoms with E-state index in [2.05, 4.69) is 15.6 Å². The summed E-state index contributed by atoms with van der Waals surface area (Å²) >= 11 is 12.4. The summed E-state index contributed by atoms with van der Waals surface area (Å²) in [5.74, 6) is -5.12. The average molecular weight is 632 g/mol. The minimum atomic E-state index is -1.54. The molecule has 2 amide bonds. The van der Waals surface area contributed by atoms with Crippen LogP contribution in [-0.2, 0) is 25.7 Å². The Labute approximate surface area is 257 Å². The zero-order valence-corrected chi connectivity index (χ0v) is 25.1. The number of carboxylic acids is 1. The molecule has 0 unspecified atom stereocenters. The van der Waals surface area contributed by atoms with Gasteiger partial charge in [-0.3, -0.25) is 19.2 Å². The van der Waals surface area contributed by atoms with Gasteiger partial charge in [-0.25, -0.2) is 9.78 Å². The lowest BCUT2D eigenvalue weighted by molar-refractivity contribution is -0.137. The number of ketones is 2. The van der Waals surface area contributed by atoms with Crippen molar-refractivity contribution in [3.63, 3.8) is 0 Å². The summed E-state index contributed by atoms with van der Waals surface area (Å²) in [6, 6.07) is 11.3. The number of carbonyl (C=O) groups is 5. The van der Waals surface area contributed by atoms with E-state index in [1.54, 1.807) is 56.3 Å². The van der Waals surface area contributed by atoms with Crippen LogP contribution in [0, 0.1) is 11.8 Å². The Hall–Kier alpha value is -4.22. The van der Waals surface area contributed by atoms with Crippen molar-refractivity contribution in [1.82, 2.24) is 15.6 Å². The highest BCUT2D eigenvalue weighted by Crippen LogP contribution is 2.35. The predicted octanol–water partition coefficient (Wildman–Crippen LogP) is 5.34. The van der Waals surface area contributed by atoms with Gasteiger partial charge in [-0.15, -0.1) is 0 Å². The zero-order chi connectivity index (χ0) is 31.7. The summed E-state index contributed by atoms with van der Waals surface area (Å²) in [5.41, 5.74) is 1.06. The van der Waals surface area contributed by atoms with Crippen molar-refractivity contribution in [2.75, 3.05) is 0 Å². The van der Waals surface area contributed by atoms with Gasteiger partial charge >= 0.3 is 12.1 Å². The van der Waals surface area contributed by atoms with Crippen molar-refractivity contribution in [3.05, 3.63) is 76.2 Å². The van der Waals surface area contributed by atoms with Gasteiger partial charge in [0.25, 0.3) is 5.89 Å². The maximum absolute atomic E-state index is 13.1. The van der Waals surface area contributed by atoms with E-state index in [4.69, 9.17) is 32.4 Å². The van der Waals surface area contributed by atoms with Gasteiger partial charge in [0.05, 0.1) is 34.3 Å². The van der Waals surface area contributed by atoms with Crippen LogP contribution in [0.25, 0.3) is 11.3 Å². The third-order valence-electron chi connectivity index (χ3n) is 6.39. The number of hydrogen-bond donors (Lipinski definition) is 3. The third kappa shape index (κ3) is 9.39. The Morgan fingerprint density at radius 3 is 2.19 bits per heavy atom. The van der Waals surface area contributed by atoms with Crippen molar-refractivity contribution >= 4 is 52.7 Å². The summed E-state index contributed by atoms with van der Waals surface area (Å²) in [6.07, 6.45) is -0.635. The van der Waals surface area contributed by atoms with E-state index >= 15 is 0 Å². The van der Waals surface area contributed by atoms with Crippen molar-refractivity contribution in [3.8, 4) is 11.3 Å². The molecular weight excluding hydrogens is 601 g/mol. The third-order valence-corrected chi connectivity index (χ3v) is 7.02. The minimum Gasteiger partial charge on any atom is -0.481 e. The Kier molecular flexibility index (Phi) is 11.8. The zero-order valence-electron chi connectivity index (χ0n) is 23.6. The second-order valence-corrected chi connectivity index (χ2v) is 11.0. The Morgan fingerprint density at radius 2 is 1.58 bits per heavy atom. The van der Waals surface area contributed by atoms with Crippen molar-refractivity contribution in [2.45, 2.75) is 52.3 Å². The maximum atomic E-state index is 13.1. The fourth-order valence-corrected chi connectivity index (χ4v) is 4.70. The summed E-state index contributed by atoms with van der Waals surface area (Å²) in [6.45, 7) is 4.92. The normalized spacial score (nSPS) is 13.1. The highest BCUT2D eigenvalue weighted by atomic mass is 35.5. The number of nitrogens with one attached hydrogen (secondary N) is 2. The molecular formula is C30H31Cl2N3O8. The second kappa shape index (κ2) is 15.3. The van der Waals surface area contributed by atoms with Gasteiger partial charge in [-0.1, -0.05) is 80.4 Å². The molecule has 0 fully saturated rings. The first-order valence-corrected chi connectivity index (χ1v) is 14.1. The van der Waals surface area contributed by atoms with E-state index in [1.807, 2.05) is 6.07 Å². The largest absolute Gasteiger partial charge is 0.481 e. The number of ether oxygens (including phenoxy) is 1. The summed E-state index contributed by atoms with van der Waals surface area (Å²) < 4.78 is 10.7. The minimum absolute atomic E-state index is 0.0148. The summed E-state index contributed by atoms with van der Waals surface area (Å²) in [5, 5.41) is 14.8. The van der Waals surface area contributed by atoms with Gasteiger partial charge in [-0.2, -0.15) is 0 Å². The number of aliphatic carboxylic acids is 1. The van der Waals surface area contributed by atoms with E-state index in [0.29, 0.717) is 5.56 Å². The summed E-state index contributed by atoms with van der Waals surface area (Å²) in [7, 11) is 0. The summed E-state index contributed by atoms with van der Waals surface area (Å²) in [4.78, 5) is 67.0. The molecule has 2 aromatic carbocycles. The smallest absolute Gasteiger partial charge is 0.408 e. The fraction of sp³-hybridized carbons (Fsp3) is 0.333. The van der Waals surface area contributed by atoms with Crippen molar-refractivity contribution in [2.24, 2.45) is 11.8 Å². The molecule has 3 N–H and O–H groups in total. The van der Waals surface area contributed by atoms with Gasteiger partial charge in [-0.05, 0) is 23.6 Å². The lowest BCUT2D eigenvalue weighted by atomic mass is 9.92. The highest BCUT2D eigenvalue weighted by Gasteiger charge is 2.32. The molecule has 0 saturated carbocycles. The Morgan fingerprint density at radius 1 is 0.930 bits per heavy atom. The number of benzene rings is 2. The Bertz CT molecular complexity index is 1450. The van der Waals surface area contributed by atoms with Crippen LogP contribution in [0.3, 0.4) is 0 Å². The molecule has 0 aliphatic heterocycles. The van der Waals surface area contributed by atoms with Crippen LogP contribution >= 0.6 is 23.2 Å². The monoisotopic (exact) mass is 631 g/mol. The van der Waals surface area contributed by atoms with Gasteiger partial charge < -0.3 is 24.9 Å². The van der Waals surface area contributed by atoms with Gasteiger partial charge in [0, 0.05) is 12.3 Å². The van der Waals surface area contributed by atoms with E-state index in [0.717, 1.165) is 5.56 Å². The quantitative estimate of drug-likeness (QED) is 0.199. The van der Waals surface area contributed by atoms with Crippen molar-refractivity contribution < 1.29 is 38.2 Å². The lowest BCUT2D eigenvalue weighted by Gasteiger charge is -2.23. The SMILES string of the molecule is CC(C)[C@H](NC(=O)OCc1ccccc1)C(=O)C[C@@H](C)C(=O)N[C@@H](CC(=O)O)C(=O)c1ncc(-c2c(Cl)cccc2Cl)o1. The van der Waals surface area contributed by atoms with E-state index in [-0.39, 0.29) is 34.8 Å². The van der Waals surface area contributed by atoms with Crippen LogP contribution < -0.4 is 10.6 Å². The first kappa shape index (κ1) is 33.3. The van der Waals surface area contributed by atoms with E-state index in [9.17, 15) is 29.1 Å². The van der Waals surface area contributed by atoms with Crippen LogP contribution in [0.5, 0.6) is 0 Å². The van der Waals surface area contributed by atoms with Crippen LogP contribution in [0.2, 0.25) is 10.0 Å². The molecule has 0 saturated heterocycles. The van der Waals surface area contributed by atoms with Crippen LogP contribution in [0.15, 0.2) is 59.1 Å². The molecule has 13 heteroatoms. The molecule has 0 radical (unpaired) electrons. The number of carboxylic acid groups (broad SMARTS) is 1. The maximum Gasteiger partial charge on any atom is 0.408 e. The van der Waals surface area contributed by atoms with Gasteiger partial charge in [0.1, 0.15) is 12.6 Å². The van der Waals surface area contributed by atoms with E-state index in [1.165, 1.54) is 13.1 Å². The van der Waals surface area contributed by atoms with Crippen molar-refractivity contribution in [1.29, 1.82) is 0 Å².